The van der Waals surface area contributed by atoms with Crippen molar-refractivity contribution in [1.29, 1.82) is 0 Å². The van der Waals surface area contributed by atoms with E-state index >= 15 is 0 Å². The van der Waals surface area contributed by atoms with Crippen LogP contribution in [0.15, 0.2) is 48.5 Å². The van der Waals surface area contributed by atoms with Gasteiger partial charge in [0.05, 0.1) is 6.10 Å². The highest BCUT2D eigenvalue weighted by Gasteiger charge is 2.10. The van der Waals surface area contributed by atoms with Crippen LogP contribution in [0.3, 0.4) is 0 Å². The highest BCUT2D eigenvalue weighted by molar-refractivity contribution is 6.30. The average molecular weight is 348 g/mol. The van der Waals surface area contributed by atoms with Crippen LogP contribution in [-0.2, 0) is 4.79 Å². The van der Waals surface area contributed by atoms with Gasteiger partial charge in [-0.3, -0.25) is 4.79 Å². The first kappa shape index (κ1) is 18.3. The van der Waals surface area contributed by atoms with E-state index in [1.807, 2.05) is 24.3 Å². The van der Waals surface area contributed by atoms with E-state index in [1.54, 1.807) is 24.3 Å². The van der Waals surface area contributed by atoms with Crippen molar-refractivity contribution in [3.05, 3.63) is 64.7 Å². The Bertz CT molecular complexity index is 653. The molecule has 0 aliphatic rings. The van der Waals surface area contributed by atoms with E-state index in [-0.39, 0.29) is 19.1 Å². The molecule has 0 aliphatic carbocycles. The molecule has 2 aromatic rings. The maximum Gasteiger partial charge on any atom is 0.258 e. The van der Waals surface area contributed by atoms with E-state index in [1.165, 1.54) is 5.56 Å². The second kappa shape index (κ2) is 8.71. The number of aliphatic hydroxyl groups is 1. The summed E-state index contributed by atoms with van der Waals surface area (Å²) < 4.78 is 5.45. The smallest absolute Gasteiger partial charge is 0.258 e. The van der Waals surface area contributed by atoms with Gasteiger partial charge < -0.3 is 15.2 Å². The quantitative estimate of drug-likeness (QED) is 0.803. The van der Waals surface area contributed by atoms with Crippen molar-refractivity contribution in [2.24, 2.45) is 0 Å². The van der Waals surface area contributed by atoms with Gasteiger partial charge in [-0.1, -0.05) is 49.7 Å². The van der Waals surface area contributed by atoms with Gasteiger partial charge in [-0.15, -0.1) is 0 Å². The molecule has 0 saturated heterocycles. The second-order valence-corrected chi connectivity index (χ2v) is 6.32. The van der Waals surface area contributed by atoms with Crippen LogP contribution in [0.4, 0.5) is 0 Å². The highest BCUT2D eigenvalue weighted by Crippen LogP contribution is 2.18. The van der Waals surface area contributed by atoms with Crippen molar-refractivity contribution >= 4 is 17.5 Å². The van der Waals surface area contributed by atoms with Crippen LogP contribution < -0.4 is 10.1 Å². The monoisotopic (exact) mass is 347 g/mol. The molecular formula is C19H22ClNO3. The van der Waals surface area contributed by atoms with Gasteiger partial charge in [-0.2, -0.15) is 0 Å². The molecule has 1 unspecified atom stereocenters. The van der Waals surface area contributed by atoms with Crippen LogP contribution in [0.5, 0.6) is 5.75 Å². The lowest BCUT2D eigenvalue weighted by atomic mass is 10.0. The Balaban J connectivity index is 1.75. The molecule has 0 saturated carbocycles. The Morgan fingerprint density at radius 3 is 2.25 bits per heavy atom. The lowest BCUT2D eigenvalue weighted by Crippen LogP contribution is -2.32. The summed E-state index contributed by atoms with van der Waals surface area (Å²) in [7, 11) is 0. The molecule has 0 bridgehead atoms. The minimum absolute atomic E-state index is 0.0889. The topological polar surface area (TPSA) is 58.6 Å². The number of nitrogens with one attached hydrogen (secondary N) is 1. The molecule has 0 aromatic heterocycles. The molecule has 0 fully saturated rings. The van der Waals surface area contributed by atoms with Gasteiger partial charge in [0, 0.05) is 11.6 Å². The third-order valence-corrected chi connectivity index (χ3v) is 3.92. The van der Waals surface area contributed by atoms with Crippen LogP contribution in [0.25, 0.3) is 0 Å². The molecule has 2 rings (SSSR count). The highest BCUT2D eigenvalue weighted by atomic mass is 35.5. The summed E-state index contributed by atoms with van der Waals surface area (Å²) in [5, 5.41) is 13.3. The van der Waals surface area contributed by atoms with E-state index < -0.39 is 6.10 Å². The summed E-state index contributed by atoms with van der Waals surface area (Å²) in [6.45, 7) is 4.27. The van der Waals surface area contributed by atoms with Crippen molar-refractivity contribution in [1.82, 2.24) is 5.32 Å². The Hall–Kier alpha value is -2.04. The molecule has 2 aromatic carbocycles. The molecule has 0 heterocycles. The number of carbonyl (C=O) groups is 1. The molecule has 0 aliphatic heterocycles. The standard InChI is InChI=1S/C19H22ClNO3/c1-13(2)14-5-9-17(10-6-14)24-12-19(23)21-11-18(22)15-3-7-16(20)8-4-15/h3-10,13,18,22H,11-12H2,1-2H3,(H,21,23). The van der Waals surface area contributed by atoms with E-state index in [4.69, 9.17) is 16.3 Å². The van der Waals surface area contributed by atoms with Crippen LogP contribution in [0.2, 0.25) is 5.02 Å². The van der Waals surface area contributed by atoms with Gasteiger partial charge in [0.15, 0.2) is 6.61 Å². The van der Waals surface area contributed by atoms with Crippen molar-refractivity contribution in [3.8, 4) is 5.75 Å². The van der Waals surface area contributed by atoms with Gasteiger partial charge in [0.2, 0.25) is 0 Å². The summed E-state index contributed by atoms with van der Waals surface area (Å²) in [5.41, 5.74) is 1.92. The molecule has 24 heavy (non-hydrogen) atoms. The zero-order valence-electron chi connectivity index (χ0n) is 13.8. The van der Waals surface area contributed by atoms with Gasteiger partial charge >= 0.3 is 0 Å². The van der Waals surface area contributed by atoms with Gasteiger partial charge in [0.1, 0.15) is 5.75 Å². The maximum atomic E-state index is 11.8. The van der Waals surface area contributed by atoms with Crippen LogP contribution in [0.1, 0.15) is 37.0 Å². The number of aliphatic hydroxyl groups excluding tert-OH is 1. The van der Waals surface area contributed by atoms with Crippen LogP contribution >= 0.6 is 11.6 Å². The number of benzene rings is 2. The van der Waals surface area contributed by atoms with E-state index in [9.17, 15) is 9.90 Å². The fourth-order valence-electron chi connectivity index (χ4n) is 2.16. The summed E-state index contributed by atoms with van der Waals surface area (Å²) in [5.74, 6) is 0.820. The third-order valence-electron chi connectivity index (χ3n) is 3.66. The Morgan fingerprint density at radius 1 is 1.08 bits per heavy atom. The molecular weight excluding hydrogens is 326 g/mol. The van der Waals surface area contributed by atoms with Gasteiger partial charge in [-0.05, 0) is 41.3 Å². The van der Waals surface area contributed by atoms with Crippen LogP contribution in [-0.4, -0.2) is 24.2 Å². The first-order valence-electron chi connectivity index (χ1n) is 7.88. The number of ether oxygens (including phenoxy) is 1. The van der Waals surface area contributed by atoms with E-state index in [0.717, 1.165) is 0 Å². The van der Waals surface area contributed by atoms with E-state index in [0.29, 0.717) is 22.3 Å². The SMILES string of the molecule is CC(C)c1ccc(OCC(=O)NCC(O)c2ccc(Cl)cc2)cc1. The molecule has 0 radical (unpaired) electrons. The number of carbonyl (C=O) groups excluding carboxylic acids is 1. The van der Waals surface area contributed by atoms with Crippen LogP contribution in [0, 0.1) is 0 Å². The summed E-state index contributed by atoms with van der Waals surface area (Å²) >= 11 is 5.80. The van der Waals surface area contributed by atoms with Crippen molar-refractivity contribution < 1.29 is 14.6 Å². The number of hydrogen-bond acceptors (Lipinski definition) is 3. The zero-order valence-corrected chi connectivity index (χ0v) is 14.6. The maximum absolute atomic E-state index is 11.8. The summed E-state index contributed by atoms with van der Waals surface area (Å²) in [4.78, 5) is 11.8. The van der Waals surface area contributed by atoms with Crippen molar-refractivity contribution in [2.45, 2.75) is 25.9 Å². The first-order valence-corrected chi connectivity index (χ1v) is 8.26. The van der Waals surface area contributed by atoms with E-state index in [2.05, 4.69) is 19.2 Å². The number of amides is 1. The fraction of sp³-hybridized carbons (Fsp3) is 0.316. The number of rotatable bonds is 7. The predicted molar refractivity (Wildman–Crippen MR) is 95.4 cm³/mol. The lowest BCUT2D eigenvalue weighted by molar-refractivity contribution is -0.123. The Morgan fingerprint density at radius 2 is 1.67 bits per heavy atom. The Labute approximate surface area is 147 Å². The summed E-state index contributed by atoms with van der Waals surface area (Å²) in [6.07, 6.45) is -0.781. The largest absolute Gasteiger partial charge is 0.484 e. The predicted octanol–water partition coefficient (Wildman–Crippen LogP) is 3.69. The number of hydrogen-bond donors (Lipinski definition) is 2. The molecule has 1 amide bonds. The average Bonchev–Trinajstić information content (AvgIpc) is 2.58. The minimum Gasteiger partial charge on any atom is -0.484 e. The first-order chi connectivity index (χ1) is 11.5. The molecule has 1 atom stereocenters. The van der Waals surface area contributed by atoms with Gasteiger partial charge in [0.25, 0.3) is 5.91 Å². The minimum atomic E-state index is -0.781. The molecule has 5 heteroatoms. The normalized spacial score (nSPS) is 12.0. The molecule has 128 valence electrons. The van der Waals surface area contributed by atoms with Crippen molar-refractivity contribution in [2.75, 3.05) is 13.2 Å². The second-order valence-electron chi connectivity index (χ2n) is 5.88. The molecule has 0 spiro atoms. The zero-order chi connectivity index (χ0) is 17.5. The molecule has 4 nitrogen and oxygen atoms in total. The number of halogens is 1. The van der Waals surface area contributed by atoms with Gasteiger partial charge in [-0.25, -0.2) is 0 Å². The Kier molecular flexibility index (Phi) is 6.64. The lowest BCUT2D eigenvalue weighted by Gasteiger charge is -2.13. The molecule has 2 N–H and O–H groups in total. The summed E-state index contributed by atoms with van der Waals surface area (Å²) in [6, 6.07) is 14.5. The van der Waals surface area contributed by atoms with Crippen molar-refractivity contribution in [3.63, 3.8) is 0 Å². The third kappa shape index (κ3) is 5.55. The fourth-order valence-corrected chi connectivity index (χ4v) is 2.29.